The van der Waals surface area contributed by atoms with Crippen LogP contribution in [0.1, 0.15) is 68.9 Å². The lowest BCUT2D eigenvalue weighted by atomic mass is 9.84. The molecule has 0 bridgehead atoms. The van der Waals surface area contributed by atoms with Crippen molar-refractivity contribution in [3.63, 3.8) is 0 Å². The van der Waals surface area contributed by atoms with Gasteiger partial charge in [-0.3, -0.25) is 0 Å². The summed E-state index contributed by atoms with van der Waals surface area (Å²) in [5.74, 6) is 0. The molecule has 1 N–H and O–H groups in total. The number of hydrogen-bond acceptors (Lipinski definition) is 1. The number of hydrogen-bond donors (Lipinski definition) is 1. The van der Waals surface area contributed by atoms with Crippen molar-refractivity contribution in [2.24, 2.45) is 5.41 Å². The molecule has 1 unspecified atom stereocenters. The molecular weight excluding hydrogens is 220 g/mol. The normalized spacial score (nSPS) is 22.4. The average molecular weight is 246 g/mol. The second-order valence-corrected chi connectivity index (χ2v) is 6.41. The molecule has 0 amide bonds. The minimum absolute atomic E-state index is 0.247. The molecule has 1 aliphatic rings. The van der Waals surface area contributed by atoms with Gasteiger partial charge in [0.25, 0.3) is 0 Å². The Kier molecular flexibility index (Phi) is 3.82. The maximum absolute atomic E-state index is 10.5. The average Bonchev–Trinajstić information content (AvgIpc) is 2.44. The maximum Gasteiger partial charge on any atom is 0.0797 e. The fraction of sp³-hybridized carbons (Fsp3) is 0.647. The highest BCUT2D eigenvalue weighted by Gasteiger charge is 2.28. The van der Waals surface area contributed by atoms with Gasteiger partial charge in [-0.2, -0.15) is 0 Å². The lowest BCUT2D eigenvalue weighted by Crippen LogP contribution is -2.13. The number of rotatable bonds is 2. The van der Waals surface area contributed by atoms with Crippen molar-refractivity contribution in [1.82, 2.24) is 0 Å². The predicted molar refractivity (Wildman–Crippen MR) is 76.9 cm³/mol. The van der Waals surface area contributed by atoms with E-state index in [1.807, 2.05) is 0 Å². The van der Waals surface area contributed by atoms with Crippen molar-refractivity contribution in [3.05, 3.63) is 34.4 Å². The maximum atomic E-state index is 10.5. The van der Waals surface area contributed by atoms with Crippen LogP contribution < -0.4 is 0 Å². The van der Waals surface area contributed by atoms with Crippen molar-refractivity contribution in [2.75, 3.05) is 0 Å². The molecular formula is C17H26O. The van der Waals surface area contributed by atoms with Gasteiger partial charge in [0, 0.05) is 0 Å². The lowest BCUT2D eigenvalue weighted by molar-refractivity contribution is 0.116. The molecule has 18 heavy (non-hydrogen) atoms. The molecule has 0 radical (unpaired) electrons. The zero-order valence-electron chi connectivity index (χ0n) is 12.2. The summed E-state index contributed by atoms with van der Waals surface area (Å²) in [7, 11) is 0. The van der Waals surface area contributed by atoms with Crippen LogP contribution in [0.2, 0.25) is 0 Å². The molecule has 1 nitrogen and oxygen atoms in total. The Bertz CT molecular complexity index is 431. The molecule has 1 aromatic carbocycles. The minimum atomic E-state index is -0.284. The molecule has 1 atom stereocenters. The third-order valence-electron chi connectivity index (χ3n) is 4.40. The van der Waals surface area contributed by atoms with E-state index in [0.29, 0.717) is 0 Å². The van der Waals surface area contributed by atoms with E-state index in [0.717, 1.165) is 25.7 Å². The smallest absolute Gasteiger partial charge is 0.0797 e. The van der Waals surface area contributed by atoms with Crippen LogP contribution in [0.3, 0.4) is 0 Å². The standard InChI is InChI=1S/C17H26O/c1-5-12-9-14-7-8-17(3,4)11-16(18)15(14)10-13(12)6-2/h9-10,16,18H,5-8,11H2,1-4H3. The van der Waals surface area contributed by atoms with Gasteiger partial charge >= 0.3 is 0 Å². The van der Waals surface area contributed by atoms with Crippen LogP contribution in [0.15, 0.2) is 12.1 Å². The molecule has 100 valence electrons. The summed E-state index contributed by atoms with van der Waals surface area (Å²) in [6.07, 6.45) is 5.04. The van der Waals surface area contributed by atoms with Gasteiger partial charge in [0.05, 0.1) is 6.10 Å². The second kappa shape index (κ2) is 5.05. The summed E-state index contributed by atoms with van der Waals surface area (Å²) >= 11 is 0. The van der Waals surface area contributed by atoms with Gasteiger partial charge in [0.2, 0.25) is 0 Å². The van der Waals surface area contributed by atoms with Crippen molar-refractivity contribution in [2.45, 2.75) is 65.9 Å². The molecule has 0 spiro atoms. The number of benzene rings is 1. The Morgan fingerprint density at radius 2 is 1.78 bits per heavy atom. The van der Waals surface area contributed by atoms with Crippen molar-refractivity contribution >= 4 is 0 Å². The van der Waals surface area contributed by atoms with Gasteiger partial charge in [0.15, 0.2) is 0 Å². The molecule has 1 aliphatic carbocycles. The Balaban J connectivity index is 2.46. The fourth-order valence-electron chi connectivity index (χ4n) is 3.15. The van der Waals surface area contributed by atoms with E-state index in [9.17, 15) is 5.11 Å². The molecule has 0 aliphatic heterocycles. The monoisotopic (exact) mass is 246 g/mol. The number of aryl methyl sites for hydroxylation is 3. The van der Waals surface area contributed by atoms with Crippen molar-refractivity contribution < 1.29 is 5.11 Å². The summed E-state index contributed by atoms with van der Waals surface area (Å²) in [6, 6.07) is 4.61. The van der Waals surface area contributed by atoms with Crippen LogP contribution in [0.4, 0.5) is 0 Å². The summed E-state index contributed by atoms with van der Waals surface area (Å²) < 4.78 is 0. The van der Waals surface area contributed by atoms with E-state index < -0.39 is 0 Å². The SMILES string of the molecule is CCc1cc2c(cc1CC)C(O)CC(C)(C)CC2. The van der Waals surface area contributed by atoms with Crippen LogP contribution in [0.25, 0.3) is 0 Å². The van der Waals surface area contributed by atoms with Gasteiger partial charge in [-0.05, 0) is 59.8 Å². The van der Waals surface area contributed by atoms with Crippen LogP contribution >= 0.6 is 0 Å². The van der Waals surface area contributed by atoms with E-state index in [-0.39, 0.29) is 11.5 Å². The van der Waals surface area contributed by atoms with E-state index in [1.165, 1.54) is 28.7 Å². The molecule has 0 saturated carbocycles. The number of aliphatic hydroxyl groups excluding tert-OH is 1. The summed E-state index contributed by atoms with van der Waals surface area (Å²) in [5, 5.41) is 10.5. The molecule has 0 fully saturated rings. The Morgan fingerprint density at radius 3 is 2.39 bits per heavy atom. The largest absolute Gasteiger partial charge is 0.388 e. The third-order valence-corrected chi connectivity index (χ3v) is 4.40. The minimum Gasteiger partial charge on any atom is -0.388 e. The van der Waals surface area contributed by atoms with Crippen molar-refractivity contribution in [3.8, 4) is 0 Å². The number of fused-ring (bicyclic) bond motifs is 1. The van der Waals surface area contributed by atoms with Gasteiger partial charge in [0.1, 0.15) is 0 Å². The summed E-state index contributed by atoms with van der Waals surface area (Å²) in [4.78, 5) is 0. The van der Waals surface area contributed by atoms with Crippen LogP contribution in [-0.4, -0.2) is 5.11 Å². The summed E-state index contributed by atoms with van der Waals surface area (Å²) in [5.41, 5.74) is 5.69. The molecule has 0 heterocycles. The van der Waals surface area contributed by atoms with E-state index in [4.69, 9.17) is 0 Å². The second-order valence-electron chi connectivity index (χ2n) is 6.41. The zero-order chi connectivity index (χ0) is 13.3. The van der Waals surface area contributed by atoms with Crippen LogP contribution in [0.5, 0.6) is 0 Å². The van der Waals surface area contributed by atoms with E-state index in [1.54, 1.807) is 0 Å². The fourth-order valence-corrected chi connectivity index (χ4v) is 3.15. The number of aliphatic hydroxyl groups is 1. The zero-order valence-corrected chi connectivity index (χ0v) is 12.2. The highest BCUT2D eigenvalue weighted by molar-refractivity contribution is 5.40. The molecule has 0 aromatic heterocycles. The first-order valence-corrected chi connectivity index (χ1v) is 7.29. The Morgan fingerprint density at radius 1 is 1.17 bits per heavy atom. The predicted octanol–water partition coefficient (Wildman–Crippen LogP) is 4.21. The van der Waals surface area contributed by atoms with Crippen molar-refractivity contribution in [1.29, 1.82) is 0 Å². The van der Waals surface area contributed by atoms with E-state index in [2.05, 4.69) is 39.8 Å². The Labute approximate surface area is 111 Å². The molecule has 0 saturated heterocycles. The lowest BCUT2D eigenvalue weighted by Gasteiger charge is -2.24. The third kappa shape index (κ3) is 2.61. The van der Waals surface area contributed by atoms with Gasteiger partial charge in [-0.1, -0.05) is 39.8 Å². The Hall–Kier alpha value is -0.820. The van der Waals surface area contributed by atoms with Crippen LogP contribution in [0, 0.1) is 5.41 Å². The quantitative estimate of drug-likeness (QED) is 0.775. The molecule has 1 aromatic rings. The molecule has 1 heteroatoms. The first-order chi connectivity index (χ1) is 8.46. The van der Waals surface area contributed by atoms with Gasteiger partial charge < -0.3 is 5.11 Å². The summed E-state index contributed by atoms with van der Waals surface area (Å²) in [6.45, 7) is 8.96. The highest BCUT2D eigenvalue weighted by atomic mass is 16.3. The molecule has 2 rings (SSSR count). The topological polar surface area (TPSA) is 20.2 Å². The highest BCUT2D eigenvalue weighted by Crippen LogP contribution is 2.40. The van der Waals surface area contributed by atoms with Crippen LogP contribution in [-0.2, 0) is 19.3 Å². The van der Waals surface area contributed by atoms with Gasteiger partial charge in [-0.25, -0.2) is 0 Å². The first kappa shape index (κ1) is 13.6. The van der Waals surface area contributed by atoms with Gasteiger partial charge in [-0.15, -0.1) is 0 Å². The first-order valence-electron chi connectivity index (χ1n) is 7.29. The van der Waals surface area contributed by atoms with E-state index >= 15 is 0 Å².